The van der Waals surface area contributed by atoms with Crippen LogP contribution >= 0.6 is 0 Å². The Labute approximate surface area is 195 Å². The van der Waals surface area contributed by atoms with Crippen molar-refractivity contribution in [2.45, 2.75) is 38.4 Å². The van der Waals surface area contributed by atoms with Crippen LogP contribution in [0.15, 0.2) is 30.6 Å². The van der Waals surface area contributed by atoms with E-state index >= 15 is 0 Å². The molecule has 3 rings (SSSR count). The number of carbonyl (C=O) groups excluding carboxylic acids is 1. The van der Waals surface area contributed by atoms with Gasteiger partial charge in [0, 0.05) is 25.0 Å². The van der Waals surface area contributed by atoms with E-state index in [4.69, 9.17) is 0 Å². The number of carbonyl (C=O) groups is 1. The van der Waals surface area contributed by atoms with Gasteiger partial charge in [-0.1, -0.05) is 6.92 Å². The fraction of sp³-hybridized carbons (Fsp3) is 0.500. The van der Waals surface area contributed by atoms with Gasteiger partial charge in [-0.15, -0.1) is 0 Å². The summed E-state index contributed by atoms with van der Waals surface area (Å²) in [4.78, 5) is 14.5. The molecule has 10 nitrogen and oxygen atoms in total. The second-order valence-corrected chi connectivity index (χ2v) is 9.96. The summed E-state index contributed by atoms with van der Waals surface area (Å²) in [5.41, 5.74) is -0.958. The number of likely N-dealkylation sites (tertiary alicyclic amines) is 1. The summed E-state index contributed by atoms with van der Waals surface area (Å²) in [6.45, 7) is 2.31. The molecule has 0 aliphatic carbocycles. The summed E-state index contributed by atoms with van der Waals surface area (Å²) in [5, 5.41) is 18.7. The Hall–Kier alpha value is -2.68. The fourth-order valence-electron chi connectivity index (χ4n) is 3.81. The molecule has 188 valence electrons. The SMILES string of the molecule is CCc1cc(NC(=O)[NH+]([O-])S(=O)(=O)N(C[C@H]2CCCN2C)c2cnn(C)c2)cc(C(F)(F)F)c1. The number of amides is 2. The molecule has 2 heterocycles. The van der Waals surface area contributed by atoms with Crippen LogP contribution in [0, 0.1) is 5.21 Å². The molecule has 0 spiro atoms. The van der Waals surface area contributed by atoms with E-state index in [2.05, 4.69) is 5.10 Å². The first-order chi connectivity index (χ1) is 15.8. The van der Waals surface area contributed by atoms with Gasteiger partial charge in [-0.25, -0.2) is 9.10 Å². The standard InChI is InChI=1S/C20H27F3N6O4S/c1-4-14-8-15(20(21,22)23)10-16(9-14)25-19(30)29(31)34(32,33)28(18-11-24-27(3)12-18)13-17-6-5-7-26(17)2/h8-12,17,29H,4-7,13H2,1-3H3,(H,25,30)/t17-/m1/s1. The minimum Gasteiger partial charge on any atom is -0.608 e. The Bertz CT molecular complexity index is 1140. The molecular formula is C20H27F3N6O4S. The molecule has 2 amide bonds. The van der Waals surface area contributed by atoms with Gasteiger partial charge in [0.25, 0.3) is 0 Å². The summed E-state index contributed by atoms with van der Waals surface area (Å²) in [6.07, 6.45) is -0.219. The minimum atomic E-state index is -4.85. The van der Waals surface area contributed by atoms with Crippen LogP contribution in [0.5, 0.6) is 0 Å². The van der Waals surface area contributed by atoms with E-state index in [1.165, 1.54) is 23.1 Å². The van der Waals surface area contributed by atoms with Gasteiger partial charge < -0.3 is 10.1 Å². The zero-order valence-electron chi connectivity index (χ0n) is 19.0. The molecule has 0 bridgehead atoms. The Morgan fingerprint density at radius 3 is 2.56 bits per heavy atom. The number of anilines is 2. The lowest BCUT2D eigenvalue weighted by atomic mass is 10.1. The minimum absolute atomic E-state index is 0.0763. The van der Waals surface area contributed by atoms with Crippen LogP contribution in [-0.4, -0.2) is 55.3 Å². The van der Waals surface area contributed by atoms with Gasteiger partial charge in [0.05, 0.1) is 24.0 Å². The third kappa shape index (κ3) is 5.68. The smallest absolute Gasteiger partial charge is 0.436 e. The van der Waals surface area contributed by atoms with Crippen molar-refractivity contribution in [3.8, 4) is 0 Å². The van der Waals surface area contributed by atoms with Crippen LogP contribution < -0.4 is 14.1 Å². The Morgan fingerprint density at radius 1 is 1.32 bits per heavy atom. The number of quaternary nitrogens is 1. The molecule has 1 aromatic carbocycles. The average molecular weight is 505 g/mol. The number of hydroxylamine groups is 1. The number of aromatic nitrogens is 2. The lowest BCUT2D eigenvalue weighted by molar-refractivity contribution is -0.604. The first kappa shape index (κ1) is 25.9. The molecule has 1 saturated heterocycles. The number of nitrogens with zero attached hydrogens (tertiary/aromatic N) is 4. The molecule has 2 N–H and O–H groups in total. The van der Waals surface area contributed by atoms with Crippen LogP contribution in [0.1, 0.15) is 30.9 Å². The van der Waals surface area contributed by atoms with Crippen LogP contribution in [0.2, 0.25) is 0 Å². The summed E-state index contributed by atoms with van der Waals surface area (Å²) >= 11 is 0. The largest absolute Gasteiger partial charge is 0.608 e. The van der Waals surface area contributed by atoms with Crippen LogP contribution in [0.25, 0.3) is 0 Å². The predicted octanol–water partition coefficient (Wildman–Crippen LogP) is 1.76. The second kappa shape index (κ2) is 9.90. The average Bonchev–Trinajstić information content (AvgIpc) is 3.37. The van der Waals surface area contributed by atoms with Gasteiger partial charge in [-0.2, -0.15) is 31.2 Å². The number of nitrogens with one attached hydrogen (secondary N) is 2. The fourth-order valence-corrected chi connectivity index (χ4v) is 5.04. The van der Waals surface area contributed by atoms with Crippen molar-refractivity contribution < 1.29 is 30.9 Å². The van der Waals surface area contributed by atoms with Gasteiger partial charge in [0.2, 0.25) is 0 Å². The van der Waals surface area contributed by atoms with Crippen molar-refractivity contribution in [1.29, 1.82) is 0 Å². The normalized spacial score (nSPS) is 18.1. The van der Waals surface area contributed by atoms with Crippen LogP contribution in [0.3, 0.4) is 0 Å². The number of hydrogen-bond acceptors (Lipinski definition) is 6. The first-order valence-corrected chi connectivity index (χ1v) is 12.0. The van der Waals surface area contributed by atoms with Gasteiger partial charge in [-0.3, -0.25) is 10.00 Å². The molecule has 1 aliphatic rings. The van der Waals surface area contributed by atoms with E-state index < -0.39 is 32.4 Å². The van der Waals surface area contributed by atoms with E-state index in [-0.39, 0.29) is 35.9 Å². The van der Waals surface area contributed by atoms with E-state index in [9.17, 15) is 31.6 Å². The molecule has 34 heavy (non-hydrogen) atoms. The maximum atomic E-state index is 13.2. The van der Waals surface area contributed by atoms with Gasteiger partial charge in [0.1, 0.15) is 0 Å². The summed E-state index contributed by atoms with van der Waals surface area (Å²) in [6, 6.07) is 1.12. The van der Waals surface area contributed by atoms with E-state index in [0.29, 0.717) is 12.5 Å². The van der Waals surface area contributed by atoms with Gasteiger partial charge >= 0.3 is 22.4 Å². The highest BCUT2D eigenvalue weighted by molar-refractivity contribution is 7.86. The maximum absolute atomic E-state index is 13.2. The second-order valence-electron chi connectivity index (χ2n) is 8.20. The summed E-state index contributed by atoms with van der Waals surface area (Å²) < 4.78 is 66.4. The first-order valence-electron chi connectivity index (χ1n) is 10.6. The Morgan fingerprint density at radius 2 is 2.03 bits per heavy atom. The molecule has 2 atom stereocenters. The molecule has 1 aromatic heterocycles. The van der Waals surface area contributed by atoms with Crippen molar-refractivity contribution in [3.63, 3.8) is 0 Å². The quantitative estimate of drug-likeness (QED) is 0.556. The lowest BCUT2D eigenvalue weighted by Gasteiger charge is -2.31. The molecule has 1 fully saturated rings. The number of urea groups is 1. The number of aryl methyl sites for hydroxylation is 2. The summed E-state index contributed by atoms with van der Waals surface area (Å²) in [5.74, 6) is 0. The number of benzene rings is 1. The molecule has 0 saturated carbocycles. The van der Waals surface area contributed by atoms with Gasteiger partial charge in [-0.05, 0) is 56.6 Å². The predicted molar refractivity (Wildman–Crippen MR) is 119 cm³/mol. The highest BCUT2D eigenvalue weighted by atomic mass is 32.2. The summed E-state index contributed by atoms with van der Waals surface area (Å²) in [7, 11) is -1.44. The topological polar surface area (TPSA) is 115 Å². The number of hydrogen-bond donors (Lipinski definition) is 2. The van der Waals surface area contributed by atoms with Crippen LogP contribution in [-0.2, 0) is 29.9 Å². The van der Waals surface area contributed by atoms with Crippen molar-refractivity contribution in [3.05, 3.63) is 46.9 Å². The van der Waals surface area contributed by atoms with Crippen molar-refractivity contribution >= 4 is 27.6 Å². The maximum Gasteiger partial charge on any atom is 0.436 e. The third-order valence-corrected chi connectivity index (χ3v) is 7.32. The van der Waals surface area contributed by atoms with E-state index in [1.54, 1.807) is 14.0 Å². The number of halogens is 3. The highest BCUT2D eigenvalue weighted by Crippen LogP contribution is 2.32. The number of rotatable bonds is 7. The zero-order valence-corrected chi connectivity index (χ0v) is 19.8. The molecule has 1 aliphatic heterocycles. The molecule has 1 unspecified atom stereocenters. The van der Waals surface area contributed by atoms with Gasteiger partial charge in [0.15, 0.2) is 0 Å². The third-order valence-electron chi connectivity index (χ3n) is 5.72. The Kier molecular flexibility index (Phi) is 7.55. The van der Waals surface area contributed by atoms with E-state index in [0.717, 1.165) is 23.3 Å². The zero-order chi connectivity index (χ0) is 25.3. The Balaban J connectivity index is 1.88. The van der Waals surface area contributed by atoms with E-state index in [1.807, 2.05) is 17.3 Å². The number of alkyl halides is 3. The molecule has 2 aromatic rings. The molecular weight excluding hydrogens is 477 g/mol. The van der Waals surface area contributed by atoms with Crippen molar-refractivity contribution in [1.82, 2.24) is 14.7 Å². The highest BCUT2D eigenvalue weighted by Gasteiger charge is 2.38. The monoisotopic (exact) mass is 504 g/mol. The number of likely N-dealkylation sites (N-methyl/N-ethyl adjacent to an activating group) is 1. The van der Waals surface area contributed by atoms with Crippen molar-refractivity contribution in [2.75, 3.05) is 29.8 Å². The van der Waals surface area contributed by atoms with Crippen molar-refractivity contribution in [2.24, 2.45) is 7.05 Å². The molecule has 0 radical (unpaired) electrons. The lowest BCUT2D eigenvalue weighted by Crippen LogP contribution is -3.14. The van der Waals surface area contributed by atoms with Crippen LogP contribution in [0.4, 0.5) is 29.3 Å². The molecule has 14 heteroatoms.